The maximum atomic E-state index is 2.54. The van der Waals surface area contributed by atoms with Crippen LogP contribution in [0.25, 0.3) is 0 Å². The average Bonchev–Trinajstić information content (AvgIpc) is 2.70. The Labute approximate surface area is 118 Å². The van der Waals surface area contributed by atoms with E-state index in [2.05, 4.69) is 82.1 Å². The van der Waals surface area contributed by atoms with Crippen LogP contribution in [0.2, 0.25) is 0 Å². The molecule has 104 valence electrons. The molecule has 1 aliphatic heterocycles. The number of benzene rings is 1. The predicted molar refractivity (Wildman–Crippen MR) is 82.7 cm³/mol. The van der Waals surface area contributed by atoms with Crippen LogP contribution in [0.5, 0.6) is 0 Å². The Morgan fingerprint density at radius 1 is 1.11 bits per heavy atom. The molecule has 0 N–H and O–H groups in total. The van der Waals surface area contributed by atoms with Crippen molar-refractivity contribution in [2.24, 2.45) is 17.8 Å². The smallest absolute Gasteiger partial charge is 0.0460 e. The lowest BCUT2D eigenvalue weighted by Gasteiger charge is -2.45. The van der Waals surface area contributed by atoms with Gasteiger partial charge in [0, 0.05) is 18.0 Å². The Kier molecular flexibility index (Phi) is 4.03. The zero-order chi connectivity index (χ0) is 14.0. The summed E-state index contributed by atoms with van der Waals surface area (Å²) in [4.78, 5) is 2.54. The van der Waals surface area contributed by atoms with Crippen molar-refractivity contribution in [2.45, 2.75) is 46.7 Å². The summed E-state index contributed by atoms with van der Waals surface area (Å²) in [5.74, 6) is 1.96. The first-order valence-corrected chi connectivity index (χ1v) is 7.45. The molecule has 0 saturated heterocycles. The van der Waals surface area contributed by atoms with Gasteiger partial charge in [-0.15, -0.1) is 0 Å². The summed E-state index contributed by atoms with van der Waals surface area (Å²) in [6.07, 6.45) is 4.73. The summed E-state index contributed by atoms with van der Waals surface area (Å²) < 4.78 is 0. The van der Waals surface area contributed by atoms with Crippen molar-refractivity contribution in [3.8, 4) is 0 Å². The topological polar surface area (TPSA) is 3.24 Å². The van der Waals surface area contributed by atoms with E-state index in [-0.39, 0.29) is 5.54 Å². The van der Waals surface area contributed by atoms with Crippen LogP contribution < -0.4 is 0 Å². The minimum Gasteiger partial charge on any atom is -0.367 e. The van der Waals surface area contributed by atoms with E-state index < -0.39 is 0 Å². The van der Waals surface area contributed by atoms with Gasteiger partial charge in [-0.3, -0.25) is 0 Å². The molecule has 1 nitrogen and oxygen atoms in total. The van der Waals surface area contributed by atoms with Gasteiger partial charge in [0.15, 0.2) is 0 Å². The highest BCUT2D eigenvalue weighted by Crippen LogP contribution is 2.43. The summed E-state index contributed by atoms with van der Waals surface area (Å²) in [6, 6.07) is 10.8. The maximum absolute atomic E-state index is 2.54. The minimum atomic E-state index is 0.226. The monoisotopic (exact) mass is 257 g/mol. The molecule has 0 fully saturated rings. The Morgan fingerprint density at radius 2 is 1.74 bits per heavy atom. The van der Waals surface area contributed by atoms with Crippen molar-refractivity contribution < 1.29 is 0 Å². The SMILES string of the molecule is CC(C)C1C=CN(Cc2ccccc2)[C@@]1(C)C(C)C. The molecule has 1 aliphatic rings. The molecule has 0 spiro atoms. The molecular weight excluding hydrogens is 230 g/mol. The highest BCUT2D eigenvalue weighted by molar-refractivity contribution is 5.20. The van der Waals surface area contributed by atoms with Gasteiger partial charge in [-0.2, -0.15) is 0 Å². The lowest BCUT2D eigenvalue weighted by atomic mass is 9.72. The molecule has 1 aromatic rings. The van der Waals surface area contributed by atoms with Gasteiger partial charge >= 0.3 is 0 Å². The third kappa shape index (κ3) is 2.56. The van der Waals surface area contributed by atoms with E-state index in [0.717, 1.165) is 6.54 Å². The minimum absolute atomic E-state index is 0.226. The second kappa shape index (κ2) is 5.40. The van der Waals surface area contributed by atoms with Crippen LogP contribution in [-0.4, -0.2) is 10.4 Å². The molecule has 1 heterocycles. The van der Waals surface area contributed by atoms with Crippen LogP contribution in [0, 0.1) is 17.8 Å². The van der Waals surface area contributed by atoms with Crippen LogP contribution in [0.15, 0.2) is 42.6 Å². The Bertz CT molecular complexity index is 432. The molecule has 0 amide bonds. The van der Waals surface area contributed by atoms with Crippen LogP contribution >= 0.6 is 0 Å². The lowest BCUT2D eigenvalue weighted by molar-refractivity contribution is 0.0613. The van der Waals surface area contributed by atoms with Crippen molar-refractivity contribution in [2.75, 3.05) is 0 Å². The molecule has 0 bridgehead atoms. The second-order valence-electron chi connectivity index (χ2n) is 6.61. The molecule has 0 saturated carbocycles. The Morgan fingerprint density at radius 3 is 2.26 bits per heavy atom. The first-order chi connectivity index (χ1) is 8.96. The van der Waals surface area contributed by atoms with Crippen LogP contribution in [-0.2, 0) is 6.54 Å². The molecule has 2 rings (SSSR count). The molecule has 0 radical (unpaired) electrons. The van der Waals surface area contributed by atoms with Crippen LogP contribution in [0.4, 0.5) is 0 Å². The van der Waals surface area contributed by atoms with E-state index in [4.69, 9.17) is 0 Å². The van der Waals surface area contributed by atoms with E-state index >= 15 is 0 Å². The third-order valence-corrected chi connectivity index (χ3v) is 4.85. The van der Waals surface area contributed by atoms with Crippen molar-refractivity contribution in [1.82, 2.24) is 4.90 Å². The molecule has 1 unspecified atom stereocenters. The number of rotatable bonds is 4. The summed E-state index contributed by atoms with van der Waals surface area (Å²) in [6.45, 7) is 12.8. The molecule has 1 aromatic carbocycles. The van der Waals surface area contributed by atoms with E-state index in [1.165, 1.54) is 5.56 Å². The molecule has 19 heavy (non-hydrogen) atoms. The van der Waals surface area contributed by atoms with Gasteiger partial charge < -0.3 is 4.90 Å². The van der Waals surface area contributed by atoms with Gasteiger partial charge in [0.05, 0.1) is 0 Å². The second-order valence-corrected chi connectivity index (χ2v) is 6.61. The van der Waals surface area contributed by atoms with Crippen molar-refractivity contribution >= 4 is 0 Å². The normalized spacial score (nSPS) is 26.7. The van der Waals surface area contributed by atoms with Crippen LogP contribution in [0.1, 0.15) is 40.2 Å². The number of nitrogens with zero attached hydrogens (tertiary/aromatic N) is 1. The van der Waals surface area contributed by atoms with E-state index in [1.807, 2.05) is 0 Å². The first kappa shape index (κ1) is 14.2. The van der Waals surface area contributed by atoms with E-state index in [9.17, 15) is 0 Å². The van der Waals surface area contributed by atoms with Gasteiger partial charge in [-0.25, -0.2) is 0 Å². The van der Waals surface area contributed by atoms with Crippen molar-refractivity contribution in [1.29, 1.82) is 0 Å². The summed E-state index contributed by atoms with van der Waals surface area (Å²) in [5, 5.41) is 0. The Hall–Kier alpha value is -1.24. The lowest BCUT2D eigenvalue weighted by Crippen LogP contribution is -2.50. The summed E-state index contributed by atoms with van der Waals surface area (Å²) in [5.41, 5.74) is 1.62. The van der Waals surface area contributed by atoms with Gasteiger partial charge in [0.2, 0.25) is 0 Å². The third-order valence-electron chi connectivity index (χ3n) is 4.85. The molecular formula is C18H27N. The fraction of sp³-hybridized carbons (Fsp3) is 0.556. The summed E-state index contributed by atoms with van der Waals surface area (Å²) in [7, 11) is 0. The fourth-order valence-corrected chi connectivity index (χ4v) is 3.36. The van der Waals surface area contributed by atoms with Gasteiger partial charge in [0.1, 0.15) is 0 Å². The quantitative estimate of drug-likeness (QED) is 0.755. The van der Waals surface area contributed by atoms with Crippen molar-refractivity contribution in [3.63, 3.8) is 0 Å². The molecule has 2 atom stereocenters. The predicted octanol–water partition coefficient (Wildman–Crippen LogP) is 4.70. The van der Waals surface area contributed by atoms with E-state index in [0.29, 0.717) is 17.8 Å². The zero-order valence-corrected chi connectivity index (χ0v) is 12.9. The average molecular weight is 257 g/mol. The fourth-order valence-electron chi connectivity index (χ4n) is 3.36. The first-order valence-electron chi connectivity index (χ1n) is 7.45. The van der Waals surface area contributed by atoms with Crippen molar-refractivity contribution in [3.05, 3.63) is 48.2 Å². The molecule has 0 aliphatic carbocycles. The Balaban J connectivity index is 2.23. The zero-order valence-electron chi connectivity index (χ0n) is 12.9. The van der Waals surface area contributed by atoms with Gasteiger partial charge in [-0.1, -0.05) is 64.1 Å². The number of hydrogen-bond donors (Lipinski definition) is 0. The highest BCUT2D eigenvalue weighted by atomic mass is 15.2. The summed E-state index contributed by atoms with van der Waals surface area (Å²) >= 11 is 0. The molecule has 0 aromatic heterocycles. The van der Waals surface area contributed by atoms with E-state index in [1.54, 1.807) is 0 Å². The van der Waals surface area contributed by atoms with Gasteiger partial charge in [-0.05, 0) is 30.5 Å². The van der Waals surface area contributed by atoms with Gasteiger partial charge in [0.25, 0.3) is 0 Å². The van der Waals surface area contributed by atoms with Crippen LogP contribution in [0.3, 0.4) is 0 Å². The highest BCUT2D eigenvalue weighted by Gasteiger charge is 2.44. The maximum Gasteiger partial charge on any atom is 0.0460 e. The number of hydrogen-bond acceptors (Lipinski definition) is 1. The largest absolute Gasteiger partial charge is 0.367 e. The molecule has 1 heteroatoms. The standard InChI is InChI=1S/C18H27N/c1-14(2)17-11-12-19(18(17,5)15(3)4)13-16-9-7-6-8-10-16/h6-12,14-15,17H,13H2,1-5H3/t17?,18-/m0/s1.